The smallest absolute Gasteiger partial charge is 0.274 e. The Morgan fingerprint density at radius 3 is 2.25 bits per heavy atom. The number of hydrogen-bond acceptors (Lipinski definition) is 4. The lowest BCUT2D eigenvalue weighted by molar-refractivity contribution is -0.146. The van der Waals surface area contributed by atoms with Gasteiger partial charge in [0.25, 0.3) is 10.0 Å². The van der Waals surface area contributed by atoms with Gasteiger partial charge in [-0.25, -0.2) is 17.9 Å². The molecule has 6 nitrogen and oxygen atoms in total. The number of nitrogens with one attached hydrogen (secondary N) is 1. The number of likely N-dealkylation sites (tertiary alicyclic amines) is 1. The van der Waals surface area contributed by atoms with Gasteiger partial charge < -0.3 is 0 Å². The van der Waals surface area contributed by atoms with Crippen molar-refractivity contribution >= 4 is 22.0 Å². The molecule has 1 saturated heterocycles. The van der Waals surface area contributed by atoms with Gasteiger partial charge in [-0.15, -0.1) is 0 Å². The molecule has 1 aliphatic rings. The zero-order valence-corrected chi connectivity index (χ0v) is 12.3. The first-order chi connectivity index (χ1) is 9.13. The van der Waals surface area contributed by atoms with Crippen molar-refractivity contribution in [1.82, 2.24) is 9.62 Å². The standard InChI is InChI=1S/C13H16N2O4S/c1-9-4-6-10(7-5-9)20(18,19)14-12(17)15-11(16)8-13(15,2)3/h4-7H,8H2,1-3H3,(H,14,17). The van der Waals surface area contributed by atoms with Crippen molar-refractivity contribution in [3.8, 4) is 0 Å². The van der Waals surface area contributed by atoms with Crippen molar-refractivity contribution < 1.29 is 18.0 Å². The molecule has 0 atom stereocenters. The average molecular weight is 296 g/mol. The third kappa shape index (κ3) is 2.53. The molecule has 1 heterocycles. The van der Waals surface area contributed by atoms with E-state index in [1.165, 1.54) is 12.1 Å². The van der Waals surface area contributed by atoms with Crippen molar-refractivity contribution in [2.24, 2.45) is 0 Å². The fourth-order valence-electron chi connectivity index (χ4n) is 2.10. The van der Waals surface area contributed by atoms with Crippen LogP contribution in [0.1, 0.15) is 25.8 Å². The van der Waals surface area contributed by atoms with E-state index in [0.29, 0.717) is 0 Å². The molecule has 3 amide bonds. The summed E-state index contributed by atoms with van der Waals surface area (Å²) in [5.41, 5.74) is 0.263. The van der Waals surface area contributed by atoms with Crippen LogP contribution in [0, 0.1) is 6.92 Å². The molecule has 0 saturated carbocycles. The van der Waals surface area contributed by atoms with Crippen LogP contribution in [0.2, 0.25) is 0 Å². The van der Waals surface area contributed by atoms with Crippen LogP contribution in [0.15, 0.2) is 29.2 Å². The number of rotatable bonds is 2. The fraction of sp³-hybridized carbons (Fsp3) is 0.385. The molecule has 0 aliphatic carbocycles. The van der Waals surface area contributed by atoms with Crippen molar-refractivity contribution in [3.63, 3.8) is 0 Å². The molecule has 1 fully saturated rings. The van der Waals surface area contributed by atoms with Crippen LogP contribution in [0.4, 0.5) is 4.79 Å². The van der Waals surface area contributed by atoms with E-state index in [4.69, 9.17) is 0 Å². The summed E-state index contributed by atoms with van der Waals surface area (Å²) < 4.78 is 26.0. The first-order valence-electron chi connectivity index (χ1n) is 6.10. The largest absolute Gasteiger partial charge is 0.338 e. The van der Waals surface area contributed by atoms with Gasteiger partial charge in [0.05, 0.1) is 16.9 Å². The summed E-state index contributed by atoms with van der Waals surface area (Å²) >= 11 is 0. The molecule has 7 heteroatoms. The Morgan fingerprint density at radius 1 is 1.25 bits per heavy atom. The van der Waals surface area contributed by atoms with E-state index < -0.39 is 21.6 Å². The molecule has 0 bridgehead atoms. The predicted molar refractivity (Wildman–Crippen MR) is 72.4 cm³/mol. The van der Waals surface area contributed by atoms with Crippen LogP contribution in [-0.2, 0) is 14.8 Å². The summed E-state index contributed by atoms with van der Waals surface area (Å²) in [5, 5.41) is 0. The third-order valence-corrected chi connectivity index (χ3v) is 4.53. The summed E-state index contributed by atoms with van der Waals surface area (Å²) in [6.07, 6.45) is 0.227. The van der Waals surface area contributed by atoms with E-state index >= 15 is 0 Å². The molecule has 0 radical (unpaired) electrons. The first-order valence-corrected chi connectivity index (χ1v) is 7.58. The number of carbonyl (C=O) groups excluding carboxylic acids is 2. The number of hydrogen-bond donors (Lipinski definition) is 1. The molecule has 1 aliphatic heterocycles. The fourth-order valence-corrected chi connectivity index (χ4v) is 3.03. The van der Waals surface area contributed by atoms with Crippen LogP contribution >= 0.6 is 0 Å². The number of urea groups is 1. The minimum Gasteiger partial charge on any atom is -0.274 e. The second-order valence-electron chi connectivity index (χ2n) is 5.44. The molecule has 0 spiro atoms. The number of imide groups is 1. The van der Waals surface area contributed by atoms with Gasteiger partial charge in [-0.2, -0.15) is 0 Å². The van der Waals surface area contributed by atoms with Gasteiger partial charge in [0.2, 0.25) is 5.91 Å². The lowest BCUT2D eigenvalue weighted by Gasteiger charge is -2.45. The van der Waals surface area contributed by atoms with Gasteiger partial charge >= 0.3 is 6.03 Å². The van der Waals surface area contributed by atoms with Crippen molar-refractivity contribution in [1.29, 1.82) is 0 Å². The lowest BCUT2D eigenvalue weighted by atomic mass is 9.89. The number of aryl methyl sites for hydroxylation is 1. The minimum absolute atomic E-state index is 0.0118. The van der Waals surface area contributed by atoms with Crippen LogP contribution in [0.3, 0.4) is 0 Å². The maximum atomic E-state index is 12.0. The number of carbonyl (C=O) groups is 2. The Hall–Kier alpha value is -1.89. The Bertz CT molecular complexity index is 662. The topological polar surface area (TPSA) is 83.6 Å². The molecule has 2 rings (SSSR count). The zero-order chi connectivity index (χ0) is 15.1. The normalized spacial score (nSPS) is 17.6. The second kappa shape index (κ2) is 4.59. The maximum absolute atomic E-state index is 12.0. The first kappa shape index (κ1) is 14.5. The van der Waals surface area contributed by atoms with Gasteiger partial charge in [0.15, 0.2) is 0 Å². The van der Waals surface area contributed by atoms with Gasteiger partial charge in [-0.3, -0.25) is 9.69 Å². The molecule has 0 unspecified atom stereocenters. The predicted octanol–water partition coefficient (Wildman–Crippen LogP) is 1.40. The van der Waals surface area contributed by atoms with Crippen molar-refractivity contribution in [2.75, 3.05) is 0 Å². The Balaban J connectivity index is 2.19. The van der Waals surface area contributed by atoms with Crippen LogP contribution < -0.4 is 4.72 Å². The lowest BCUT2D eigenvalue weighted by Crippen LogP contribution is -2.65. The van der Waals surface area contributed by atoms with Gasteiger partial charge in [-0.05, 0) is 32.9 Å². The van der Waals surface area contributed by atoms with E-state index in [-0.39, 0.29) is 17.2 Å². The summed E-state index contributed by atoms with van der Waals surface area (Å²) in [4.78, 5) is 24.3. The number of β-lactam (4-membered cyclic amide) rings is 1. The molecule has 20 heavy (non-hydrogen) atoms. The van der Waals surface area contributed by atoms with Gasteiger partial charge in [0.1, 0.15) is 0 Å². The Kier molecular flexibility index (Phi) is 3.33. The summed E-state index contributed by atoms with van der Waals surface area (Å²) in [7, 11) is -3.96. The Labute approximate surface area is 117 Å². The van der Waals surface area contributed by atoms with Crippen LogP contribution in [-0.4, -0.2) is 30.8 Å². The maximum Gasteiger partial charge on any atom is 0.338 e. The number of benzene rings is 1. The van der Waals surface area contributed by atoms with Crippen LogP contribution in [0.5, 0.6) is 0 Å². The highest BCUT2D eigenvalue weighted by molar-refractivity contribution is 7.90. The third-order valence-electron chi connectivity index (χ3n) is 3.19. The number of amides is 3. The van der Waals surface area contributed by atoms with Gasteiger partial charge in [0, 0.05) is 0 Å². The quantitative estimate of drug-likeness (QED) is 0.836. The molecule has 108 valence electrons. The highest BCUT2D eigenvalue weighted by atomic mass is 32.2. The van der Waals surface area contributed by atoms with E-state index in [9.17, 15) is 18.0 Å². The highest BCUT2D eigenvalue weighted by Gasteiger charge is 2.48. The Morgan fingerprint density at radius 2 is 1.80 bits per heavy atom. The van der Waals surface area contributed by atoms with Crippen molar-refractivity contribution in [3.05, 3.63) is 29.8 Å². The van der Waals surface area contributed by atoms with E-state index in [0.717, 1.165) is 10.5 Å². The average Bonchev–Trinajstić information content (AvgIpc) is 2.26. The SMILES string of the molecule is Cc1ccc(S(=O)(=O)NC(=O)N2C(=O)CC2(C)C)cc1. The molecular formula is C13H16N2O4S. The number of nitrogens with zero attached hydrogens (tertiary/aromatic N) is 1. The molecule has 1 N–H and O–H groups in total. The molecule has 1 aromatic rings. The van der Waals surface area contributed by atoms with E-state index in [1.54, 1.807) is 26.0 Å². The summed E-state index contributed by atoms with van der Waals surface area (Å²) in [5.74, 6) is -0.383. The number of sulfonamides is 1. The summed E-state index contributed by atoms with van der Waals surface area (Å²) in [6.45, 7) is 5.23. The van der Waals surface area contributed by atoms with E-state index in [2.05, 4.69) is 0 Å². The minimum atomic E-state index is -3.96. The van der Waals surface area contributed by atoms with E-state index in [1.807, 2.05) is 11.6 Å². The van der Waals surface area contributed by atoms with Crippen molar-refractivity contribution in [2.45, 2.75) is 37.6 Å². The monoisotopic (exact) mass is 296 g/mol. The van der Waals surface area contributed by atoms with Gasteiger partial charge in [-0.1, -0.05) is 17.7 Å². The molecule has 1 aromatic carbocycles. The molecular weight excluding hydrogens is 280 g/mol. The second-order valence-corrected chi connectivity index (χ2v) is 7.12. The highest BCUT2D eigenvalue weighted by Crippen LogP contribution is 2.31. The summed E-state index contributed by atoms with van der Waals surface area (Å²) in [6, 6.07) is 5.18. The zero-order valence-electron chi connectivity index (χ0n) is 11.5. The van der Waals surface area contributed by atoms with Crippen LogP contribution in [0.25, 0.3) is 0 Å². The molecule has 0 aromatic heterocycles.